The molecule has 0 spiro atoms. The van der Waals surface area contributed by atoms with Crippen LogP contribution < -0.4 is 4.74 Å². The molecule has 0 atom stereocenters. The van der Waals surface area contributed by atoms with E-state index in [4.69, 9.17) is 17.0 Å². The molecule has 1 N–H and O–H groups in total. The lowest BCUT2D eigenvalue weighted by molar-refractivity contribution is -0.131. The van der Waals surface area contributed by atoms with E-state index in [1.807, 2.05) is 51.9 Å². The normalized spacial score (nSPS) is 13.8. The molecule has 30 heavy (non-hydrogen) atoms. The van der Waals surface area contributed by atoms with Crippen molar-refractivity contribution < 1.29 is 9.53 Å². The summed E-state index contributed by atoms with van der Waals surface area (Å²) in [6, 6.07) is 18.0. The van der Waals surface area contributed by atoms with Gasteiger partial charge in [0.2, 0.25) is 5.91 Å². The molecule has 2 aromatic carbocycles. The summed E-state index contributed by atoms with van der Waals surface area (Å²) >= 11 is 5.39. The number of aromatic amines is 1. The van der Waals surface area contributed by atoms with Crippen LogP contribution in [-0.4, -0.2) is 45.8 Å². The van der Waals surface area contributed by atoms with Crippen molar-refractivity contribution in [1.29, 1.82) is 0 Å². The summed E-state index contributed by atoms with van der Waals surface area (Å²) in [4.78, 5) is 14.7. The third-order valence-corrected chi connectivity index (χ3v) is 5.67. The highest BCUT2D eigenvalue weighted by atomic mass is 32.1. The summed E-state index contributed by atoms with van der Waals surface area (Å²) in [6.07, 6.45) is 3.41. The first-order chi connectivity index (χ1) is 14.7. The van der Waals surface area contributed by atoms with Crippen molar-refractivity contribution in [2.75, 3.05) is 20.2 Å². The molecule has 0 bridgehead atoms. The molecule has 1 aliphatic heterocycles. The van der Waals surface area contributed by atoms with Crippen LogP contribution in [-0.2, 0) is 11.3 Å². The fourth-order valence-electron chi connectivity index (χ4n) is 3.66. The summed E-state index contributed by atoms with van der Waals surface area (Å²) in [5.74, 6) is 1.63. The number of nitrogens with zero attached hydrogens (tertiary/aromatic N) is 3. The average molecular weight is 421 g/mol. The Kier molecular flexibility index (Phi) is 6.09. The zero-order valence-electron chi connectivity index (χ0n) is 16.9. The van der Waals surface area contributed by atoms with Crippen molar-refractivity contribution >= 4 is 23.7 Å². The zero-order chi connectivity index (χ0) is 20.9. The van der Waals surface area contributed by atoms with Crippen LogP contribution in [0.15, 0.2) is 60.7 Å². The van der Waals surface area contributed by atoms with E-state index >= 15 is 0 Å². The molecule has 0 unspecified atom stereocenters. The average Bonchev–Trinajstić information content (AvgIpc) is 3.18. The predicted octanol–water partition coefficient (Wildman–Crippen LogP) is 4.32. The molecule has 1 amide bonds. The summed E-state index contributed by atoms with van der Waals surface area (Å²) < 4.78 is 7.60. The third kappa shape index (κ3) is 4.36. The second-order valence-corrected chi connectivity index (χ2v) is 7.55. The van der Waals surface area contributed by atoms with Gasteiger partial charge < -0.3 is 9.64 Å². The number of amides is 1. The molecule has 0 aliphatic carbocycles. The molecule has 1 aliphatic rings. The van der Waals surface area contributed by atoms with E-state index in [0.29, 0.717) is 24.3 Å². The summed E-state index contributed by atoms with van der Waals surface area (Å²) in [5, 5.41) is 7.19. The predicted molar refractivity (Wildman–Crippen MR) is 120 cm³/mol. The minimum atomic E-state index is 0.127. The summed E-state index contributed by atoms with van der Waals surface area (Å²) in [5.41, 5.74) is 3.46. The number of nitrogens with one attached hydrogen (secondary N) is 1. The molecule has 1 aromatic heterocycles. The van der Waals surface area contributed by atoms with E-state index in [9.17, 15) is 4.79 Å². The smallest absolute Gasteiger partial charge is 0.224 e. The quantitative estimate of drug-likeness (QED) is 0.603. The van der Waals surface area contributed by atoms with Gasteiger partial charge in [0.25, 0.3) is 0 Å². The maximum atomic E-state index is 12.8. The van der Waals surface area contributed by atoms with E-state index in [1.54, 1.807) is 7.11 Å². The number of aromatic nitrogens is 3. The molecule has 0 saturated carbocycles. The van der Waals surface area contributed by atoms with Crippen molar-refractivity contribution in [3.8, 4) is 17.1 Å². The van der Waals surface area contributed by atoms with E-state index in [2.05, 4.69) is 28.4 Å². The van der Waals surface area contributed by atoms with Gasteiger partial charge in [-0.3, -0.25) is 14.5 Å². The lowest BCUT2D eigenvalue weighted by Crippen LogP contribution is -2.35. The first-order valence-corrected chi connectivity index (χ1v) is 10.4. The number of rotatable bonds is 6. The standard InChI is InChI=1S/C23H24N4O2S/c1-29-20-9-7-19(8-10-20)22-24-25-23(30)27(22)16-13-21(28)26-14-11-18(12-15-26)17-5-3-2-4-6-17/h2-11H,12-16H2,1H3,(H,25,30). The van der Waals surface area contributed by atoms with Crippen LogP contribution in [0.4, 0.5) is 0 Å². The number of hydrogen-bond donors (Lipinski definition) is 1. The van der Waals surface area contributed by atoms with Gasteiger partial charge in [0.05, 0.1) is 7.11 Å². The minimum absolute atomic E-state index is 0.127. The van der Waals surface area contributed by atoms with Gasteiger partial charge in [-0.25, -0.2) is 0 Å². The molecule has 154 valence electrons. The number of hydrogen-bond acceptors (Lipinski definition) is 4. The van der Waals surface area contributed by atoms with Gasteiger partial charge in [-0.1, -0.05) is 36.4 Å². The van der Waals surface area contributed by atoms with Gasteiger partial charge in [0, 0.05) is 31.6 Å². The second-order valence-electron chi connectivity index (χ2n) is 7.17. The monoisotopic (exact) mass is 420 g/mol. The van der Waals surface area contributed by atoms with Gasteiger partial charge in [0.1, 0.15) is 5.75 Å². The SMILES string of the molecule is COc1ccc(-c2n[nH]c(=S)n2CCC(=O)N2CC=C(c3ccccc3)CC2)cc1. The molecule has 6 nitrogen and oxygen atoms in total. The number of methoxy groups -OCH3 is 1. The Morgan fingerprint density at radius 2 is 1.90 bits per heavy atom. The van der Waals surface area contributed by atoms with Crippen molar-refractivity contribution in [3.63, 3.8) is 0 Å². The number of benzene rings is 2. The van der Waals surface area contributed by atoms with Gasteiger partial charge in [0.15, 0.2) is 10.6 Å². The maximum Gasteiger partial charge on any atom is 0.224 e. The van der Waals surface area contributed by atoms with Gasteiger partial charge in [-0.15, -0.1) is 0 Å². The summed E-state index contributed by atoms with van der Waals surface area (Å²) in [6.45, 7) is 1.87. The molecule has 3 aromatic rings. The minimum Gasteiger partial charge on any atom is -0.497 e. The second kappa shape index (κ2) is 9.09. The van der Waals surface area contributed by atoms with Crippen LogP contribution in [0.25, 0.3) is 17.0 Å². The Morgan fingerprint density at radius 3 is 2.57 bits per heavy atom. The Labute approximate surface area is 180 Å². The van der Waals surface area contributed by atoms with Crippen molar-refractivity contribution in [1.82, 2.24) is 19.7 Å². The highest BCUT2D eigenvalue weighted by molar-refractivity contribution is 7.71. The molecule has 4 rings (SSSR count). The van der Waals surface area contributed by atoms with Crippen LogP contribution in [0.2, 0.25) is 0 Å². The van der Waals surface area contributed by atoms with Gasteiger partial charge in [-0.05, 0) is 54.0 Å². The van der Waals surface area contributed by atoms with Crippen LogP contribution in [0.3, 0.4) is 0 Å². The number of carbonyl (C=O) groups excluding carboxylic acids is 1. The van der Waals surface area contributed by atoms with Crippen LogP contribution in [0.5, 0.6) is 5.75 Å². The Morgan fingerprint density at radius 1 is 1.13 bits per heavy atom. The van der Waals surface area contributed by atoms with Crippen molar-refractivity contribution in [3.05, 3.63) is 71.0 Å². The van der Waals surface area contributed by atoms with Crippen LogP contribution >= 0.6 is 12.2 Å². The Balaban J connectivity index is 1.41. The lowest BCUT2D eigenvalue weighted by atomic mass is 9.99. The van der Waals surface area contributed by atoms with Crippen LogP contribution in [0.1, 0.15) is 18.4 Å². The maximum absolute atomic E-state index is 12.8. The molecule has 2 heterocycles. The van der Waals surface area contributed by atoms with Crippen LogP contribution in [0, 0.1) is 4.77 Å². The Hall–Kier alpha value is -3.19. The molecular weight excluding hydrogens is 396 g/mol. The number of carbonyl (C=O) groups is 1. The first-order valence-electron chi connectivity index (χ1n) is 9.97. The molecule has 0 radical (unpaired) electrons. The summed E-state index contributed by atoms with van der Waals surface area (Å²) in [7, 11) is 1.63. The Bertz CT molecular complexity index is 1100. The number of ether oxygens (including phenoxy) is 1. The molecule has 0 saturated heterocycles. The molecule has 0 fully saturated rings. The fourth-order valence-corrected chi connectivity index (χ4v) is 3.88. The third-order valence-electron chi connectivity index (χ3n) is 5.36. The van der Waals surface area contributed by atoms with E-state index < -0.39 is 0 Å². The van der Waals surface area contributed by atoms with E-state index in [0.717, 1.165) is 30.1 Å². The van der Waals surface area contributed by atoms with Crippen molar-refractivity contribution in [2.24, 2.45) is 0 Å². The fraction of sp³-hybridized carbons (Fsp3) is 0.261. The number of H-pyrrole nitrogens is 1. The topological polar surface area (TPSA) is 63.1 Å². The van der Waals surface area contributed by atoms with Gasteiger partial charge in [-0.2, -0.15) is 5.10 Å². The highest BCUT2D eigenvalue weighted by Gasteiger charge is 2.19. The zero-order valence-corrected chi connectivity index (χ0v) is 17.7. The van der Waals surface area contributed by atoms with E-state index in [-0.39, 0.29) is 5.91 Å². The van der Waals surface area contributed by atoms with Crippen molar-refractivity contribution in [2.45, 2.75) is 19.4 Å². The lowest BCUT2D eigenvalue weighted by Gasteiger charge is -2.27. The van der Waals surface area contributed by atoms with E-state index in [1.165, 1.54) is 11.1 Å². The largest absolute Gasteiger partial charge is 0.497 e. The molecule has 7 heteroatoms. The highest BCUT2D eigenvalue weighted by Crippen LogP contribution is 2.23. The molecular formula is C23H24N4O2S. The first kappa shape index (κ1) is 20.1. The van der Waals surface area contributed by atoms with Gasteiger partial charge >= 0.3 is 0 Å².